The standard InChI is InChI=1S/C27H34N6O16/c1-11(34)42-10-18-22(44-12(2)35)19(29-15-7-6-14(32(38)39)8-16(15)33(40)41)23(45-13(3)36)25(46-18)43-9-17(37)21-20(30-31-28)24-26(47-21)49-27(4,5)48-24/h6-8,17-26,29,37H,9-10H2,1-5H3/t17-,18+,19-,20-,21+,22+,23+,24+,25-,26+/m0/s1. The second-order valence-electron chi connectivity index (χ2n) is 11.5. The van der Waals surface area contributed by atoms with Gasteiger partial charge in [0, 0.05) is 31.7 Å². The third-order valence-corrected chi connectivity index (χ3v) is 7.47. The monoisotopic (exact) mass is 698 g/mol. The maximum atomic E-state index is 12.3. The van der Waals surface area contributed by atoms with Crippen molar-refractivity contribution in [3.8, 4) is 0 Å². The fourth-order valence-corrected chi connectivity index (χ4v) is 5.61. The van der Waals surface area contributed by atoms with Crippen LogP contribution in [-0.4, -0.2) is 113 Å². The molecular formula is C27H34N6O16. The van der Waals surface area contributed by atoms with Gasteiger partial charge in [0.25, 0.3) is 11.4 Å². The topological polar surface area (TPSA) is 292 Å². The van der Waals surface area contributed by atoms with Crippen molar-refractivity contribution in [1.29, 1.82) is 0 Å². The Balaban J connectivity index is 1.68. The van der Waals surface area contributed by atoms with Gasteiger partial charge < -0.3 is 48.3 Å². The van der Waals surface area contributed by atoms with E-state index in [9.17, 15) is 39.7 Å². The number of hydrogen-bond donors (Lipinski definition) is 2. The minimum atomic E-state index is -1.65. The summed E-state index contributed by atoms with van der Waals surface area (Å²) in [5, 5.41) is 40.8. The molecule has 0 aromatic heterocycles. The summed E-state index contributed by atoms with van der Waals surface area (Å²) in [6.07, 6.45) is -10.7. The highest BCUT2D eigenvalue weighted by molar-refractivity contribution is 5.69. The van der Waals surface area contributed by atoms with Gasteiger partial charge in [-0.2, -0.15) is 0 Å². The van der Waals surface area contributed by atoms with Crippen molar-refractivity contribution in [3.63, 3.8) is 0 Å². The summed E-state index contributed by atoms with van der Waals surface area (Å²) in [5.74, 6) is -3.59. The quantitative estimate of drug-likeness (QED) is 0.0559. The zero-order valence-electron chi connectivity index (χ0n) is 26.7. The lowest BCUT2D eigenvalue weighted by atomic mass is 9.94. The molecule has 0 unspecified atom stereocenters. The molecule has 4 rings (SSSR count). The number of aliphatic hydroxyl groups excluding tert-OH is 1. The number of carbonyl (C=O) groups excluding carboxylic acids is 3. The number of nitrogens with zero attached hydrogens (tertiary/aromatic N) is 5. The van der Waals surface area contributed by atoms with Gasteiger partial charge in [0.1, 0.15) is 42.8 Å². The molecule has 0 spiro atoms. The zero-order valence-corrected chi connectivity index (χ0v) is 26.7. The molecule has 10 atom stereocenters. The van der Waals surface area contributed by atoms with Crippen molar-refractivity contribution in [2.75, 3.05) is 18.5 Å². The van der Waals surface area contributed by atoms with Gasteiger partial charge in [-0.25, -0.2) is 0 Å². The first-order valence-electron chi connectivity index (χ1n) is 14.7. The molecule has 3 aliphatic rings. The minimum Gasteiger partial charge on any atom is -0.463 e. The van der Waals surface area contributed by atoms with E-state index in [4.69, 9.17) is 43.4 Å². The molecule has 1 aromatic carbocycles. The van der Waals surface area contributed by atoms with Gasteiger partial charge in [0.15, 0.2) is 30.6 Å². The van der Waals surface area contributed by atoms with E-state index in [1.165, 1.54) is 0 Å². The van der Waals surface area contributed by atoms with Gasteiger partial charge in [0.05, 0.1) is 28.6 Å². The molecule has 0 amide bonds. The molecule has 268 valence electrons. The van der Waals surface area contributed by atoms with Crippen LogP contribution >= 0.6 is 0 Å². The van der Waals surface area contributed by atoms with Crippen LogP contribution in [0.1, 0.15) is 34.6 Å². The summed E-state index contributed by atoms with van der Waals surface area (Å²) in [5.41, 5.74) is 7.48. The number of benzene rings is 1. The molecule has 22 heteroatoms. The lowest BCUT2D eigenvalue weighted by Crippen LogP contribution is -2.64. The highest BCUT2D eigenvalue weighted by atomic mass is 16.8. The predicted octanol–water partition coefficient (Wildman–Crippen LogP) is 1.37. The second kappa shape index (κ2) is 15.2. The fourth-order valence-electron chi connectivity index (χ4n) is 5.61. The molecule has 0 bridgehead atoms. The lowest BCUT2D eigenvalue weighted by molar-refractivity contribution is -0.393. The predicted molar refractivity (Wildman–Crippen MR) is 157 cm³/mol. The summed E-state index contributed by atoms with van der Waals surface area (Å²) < 4.78 is 45.1. The maximum absolute atomic E-state index is 12.3. The van der Waals surface area contributed by atoms with Crippen LogP contribution in [0.3, 0.4) is 0 Å². The van der Waals surface area contributed by atoms with E-state index in [1.54, 1.807) is 13.8 Å². The number of aliphatic hydroxyl groups is 1. The first kappa shape index (κ1) is 37.1. The van der Waals surface area contributed by atoms with Crippen LogP contribution < -0.4 is 5.32 Å². The molecule has 1 aromatic rings. The van der Waals surface area contributed by atoms with Crippen LogP contribution in [0.5, 0.6) is 0 Å². The Labute approximate surface area is 276 Å². The number of azide groups is 1. The van der Waals surface area contributed by atoms with Crippen molar-refractivity contribution in [3.05, 3.63) is 48.9 Å². The van der Waals surface area contributed by atoms with Crippen LogP contribution in [0.15, 0.2) is 23.3 Å². The molecule has 3 aliphatic heterocycles. The van der Waals surface area contributed by atoms with Gasteiger partial charge in [0.2, 0.25) is 0 Å². The second-order valence-corrected chi connectivity index (χ2v) is 11.5. The largest absolute Gasteiger partial charge is 0.463 e. The summed E-state index contributed by atoms with van der Waals surface area (Å²) in [6, 6.07) is 0.177. The molecule has 0 saturated carbocycles. The molecule has 3 heterocycles. The number of esters is 3. The molecule has 22 nitrogen and oxygen atoms in total. The number of fused-ring (bicyclic) bond motifs is 1. The number of carbonyl (C=O) groups is 3. The molecule has 2 N–H and O–H groups in total. The maximum Gasteiger partial charge on any atom is 0.303 e. The third kappa shape index (κ3) is 8.86. The normalized spacial score (nSPS) is 30.6. The Morgan fingerprint density at radius 3 is 2.33 bits per heavy atom. The van der Waals surface area contributed by atoms with Crippen LogP contribution in [0.2, 0.25) is 0 Å². The summed E-state index contributed by atoms with van der Waals surface area (Å²) in [4.78, 5) is 60.6. The number of nitro groups is 2. The summed E-state index contributed by atoms with van der Waals surface area (Å²) in [7, 11) is 0. The van der Waals surface area contributed by atoms with Crippen molar-refractivity contribution in [1.82, 2.24) is 0 Å². The van der Waals surface area contributed by atoms with Gasteiger partial charge in [-0.15, -0.1) is 0 Å². The van der Waals surface area contributed by atoms with E-state index in [1.807, 2.05) is 0 Å². The Bertz CT molecular complexity index is 1500. The Kier molecular flexibility index (Phi) is 11.5. The first-order valence-corrected chi connectivity index (χ1v) is 14.7. The third-order valence-electron chi connectivity index (χ3n) is 7.47. The summed E-state index contributed by atoms with van der Waals surface area (Å²) in [6.45, 7) is 5.23. The Hall–Kier alpha value is -4.70. The Morgan fingerprint density at radius 2 is 1.73 bits per heavy atom. The van der Waals surface area contributed by atoms with Crippen LogP contribution in [0.4, 0.5) is 17.1 Å². The number of ether oxygens (including phenoxy) is 8. The minimum absolute atomic E-state index is 0.312. The number of rotatable bonds is 13. The number of nitro benzene ring substituents is 2. The molecule has 3 fully saturated rings. The van der Waals surface area contributed by atoms with Crippen molar-refractivity contribution < 1.29 is 67.2 Å². The van der Waals surface area contributed by atoms with Gasteiger partial charge in [-0.05, 0) is 25.4 Å². The van der Waals surface area contributed by atoms with Crippen LogP contribution in [0, 0.1) is 20.2 Å². The summed E-state index contributed by atoms with van der Waals surface area (Å²) >= 11 is 0. The molecule has 49 heavy (non-hydrogen) atoms. The Morgan fingerprint density at radius 1 is 1.06 bits per heavy atom. The van der Waals surface area contributed by atoms with E-state index in [2.05, 4.69) is 15.3 Å². The van der Waals surface area contributed by atoms with Crippen molar-refractivity contribution in [2.45, 2.75) is 102 Å². The number of hydrogen-bond acceptors (Lipinski definition) is 18. The van der Waals surface area contributed by atoms with Gasteiger partial charge >= 0.3 is 17.9 Å². The van der Waals surface area contributed by atoms with Crippen LogP contribution in [-0.2, 0) is 52.3 Å². The van der Waals surface area contributed by atoms with Crippen molar-refractivity contribution >= 4 is 35.0 Å². The van der Waals surface area contributed by atoms with E-state index in [0.717, 1.165) is 32.9 Å². The van der Waals surface area contributed by atoms with E-state index in [-0.39, 0.29) is 5.69 Å². The fraction of sp³-hybridized carbons (Fsp3) is 0.667. The first-order chi connectivity index (χ1) is 23.0. The zero-order chi connectivity index (χ0) is 36.2. The highest BCUT2D eigenvalue weighted by Crippen LogP contribution is 2.40. The SMILES string of the molecule is CC(=O)OC[C@H]1O[C@H](OC[C@H](O)[C@H]2O[C@@H]3OC(C)(C)O[C@@H]3[C@H]2N=[N+]=[N-])[C@H](OC(C)=O)[C@@H](Nc2ccc([N+](=O)[O-])cc2[N+](=O)[O-])[C@@H]1OC(C)=O. The smallest absolute Gasteiger partial charge is 0.303 e. The number of non-ortho nitro benzene ring substituents is 1. The van der Waals surface area contributed by atoms with Crippen molar-refractivity contribution in [2.24, 2.45) is 5.11 Å². The van der Waals surface area contributed by atoms with E-state index < -0.39 is 119 Å². The lowest BCUT2D eigenvalue weighted by Gasteiger charge is -2.45. The highest BCUT2D eigenvalue weighted by Gasteiger charge is 2.57. The van der Waals surface area contributed by atoms with Crippen LogP contribution in [0.25, 0.3) is 10.4 Å². The number of anilines is 1. The van der Waals surface area contributed by atoms with Gasteiger partial charge in [-0.1, -0.05) is 5.11 Å². The average Bonchev–Trinajstić information content (AvgIpc) is 3.48. The van der Waals surface area contributed by atoms with E-state index >= 15 is 0 Å². The number of nitrogens with one attached hydrogen (secondary N) is 1. The average molecular weight is 699 g/mol. The molecule has 0 radical (unpaired) electrons. The van der Waals surface area contributed by atoms with Gasteiger partial charge in [-0.3, -0.25) is 34.6 Å². The molecule has 0 aliphatic carbocycles. The molecular weight excluding hydrogens is 664 g/mol. The van der Waals surface area contributed by atoms with E-state index in [0.29, 0.717) is 6.07 Å². The molecule has 3 saturated heterocycles.